The van der Waals surface area contributed by atoms with Crippen molar-refractivity contribution in [1.82, 2.24) is 4.90 Å². The zero-order valence-corrected chi connectivity index (χ0v) is 10.7. The summed E-state index contributed by atoms with van der Waals surface area (Å²) in [4.78, 5) is 12.8. The molecule has 3 nitrogen and oxygen atoms in total. The summed E-state index contributed by atoms with van der Waals surface area (Å²) < 4.78 is 0. The third-order valence-corrected chi connectivity index (χ3v) is 3.23. The summed E-state index contributed by atoms with van der Waals surface area (Å²) in [6, 6.07) is 5.09. The number of primary amides is 1. The number of hydrogen-bond donors (Lipinski definition) is 1. The van der Waals surface area contributed by atoms with Crippen LogP contribution in [0.15, 0.2) is 18.2 Å². The molecule has 0 aromatic heterocycles. The van der Waals surface area contributed by atoms with E-state index >= 15 is 0 Å². The summed E-state index contributed by atoms with van der Waals surface area (Å²) in [5, 5.41) is 1.04. The Balaban J connectivity index is 2.73. The van der Waals surface area contributed by atoms with E-state index in [1.807, 2.05) is 18.0 Å². The van der Waals surface area contributed by atoms with E-state index in [2.05, 4.69) is 0 Å². The highest BCUT2D eigenvalue weighted by Crippen LogP contribution is 2.23. The minimum Gasteiger partial charge on any atom is -0.368 e. The van der Waals surface area contributed by atoms with Crippen LogP contribution in [-0.4, -0.2) is 23.9 Å². The monoisotopic (exact) mass is 260 g/mol. The van der Waals surface area contributed by atoms with Gasteiger partial charge < -0.3 is 5.73 Å². The Morgan fingerprint density at radius 1 is 1.44 bits per heavy atom. The second-order valence-electron chi connectivity index (χ2n) is 3.74. The van der Waals surface area contributed by atoms with Gasteiger partial charge in [-0.15, -0.1) is 0 Å². The third-order valence-electron chi connectivity index (χ3n) is 2.49. The van der Waals surface area contributed by atoms with Crippen LogP contribution < -0.4 is 5.73 Å². The number of rotatable bonds is 4. The van der Waals surface area contributed by atoms with Gasteiger partial charge >= 0.3 is 0 Å². The molecule has 0 saturated heterocycles. The smallest absolute Gasteiger partial charge is 0.234 e. The fourth-order valence-corrected chi connectivity index (χ4v) is 1.60. The van der Waals surface area contributed by atoms with Gasteiger partial charge in [-0.05, 0) is 31.7 Å². The molecule has 0 radical (unpaired) electrons. The maximum atomic E-state index is 11.0. The number of nitrogens with zero attached hydrogens (tertiary/aromatic N) is 1. The van der Waals surface area contributed by atoms with Crippen LogP contribution in [0.25, 0.3) is 0 Å². The molecule has 0 bridgehead atoms. The molecule has 1 aromatic rings. The van der Waals surface area contributed by atoms with Crippen LogP contribution in [-0.2, 0) is 11.3 Å². The number of nitrogens with two attached hydrogens (primary N) is 1. The van der Waals surface area contributed by atoms with Crippen molar-refractivity contribution in [3.63, 3.8) is 0 Å². The first-order chi connectivity index (χ1) is 7.41. The van der Waals surface area contributed by atoms with Crippen LogP contribution in [0.5, 0.6) is 0 Å². The highest BCUT2D eigenvalue weighted by atomic mass is 35.5. The molecular weight excluding hydrogens is 247 g/mol. The van der Waals surface area contributed by atoms with Gasteiger partial charge in [0.05, 0.1) is 16.1 Å². The van der Waals surface area contributed by atoms with E-state index in [1.165, 1.54) is 0 Å². The van der Waals surface area contributed by atoms with Crippen molar-refractivity contribution in [2.45, 2.75) is 19.5 Å². The van der Waals surface area contributed by atoms with Gasteiger partial charge in [0.1, 0.15) is 0 Å². The molecule has 1 rings (SSSR count). The van der Waals surface area contributed by atoms with Gasteiger partial charge in [-0.1, -0.05) is 29.3 Å². The van der Waals surface area contributed by atoms with E-state index in [-0.39, 0.29) is 11.9 Å². The molecule has 0 unspecified atom stereocenters. The van der Waals surface area contributed by atoms with Crippen LogP contribution in [0.2, 0.25) is 10.0 Å². The van der Waals surface area contributed by atoms with E-state index in [0.29, 0.717) is 16.6 Å². The van der Waals surface area contributed by atoms with E-state index in [1.54, 1.807) is 19.1 Å². The highest BCUT2D eigenvalue weighted by molar-refractivity contribution is 6.42. The van der Waals surface area contributed by atoms with Gasteiger partial charge in [-0.2, -0.15) is 0 Å². The minimum absolute atomic E-state index is 0.311. The maximum absolute atomic E-state index is 11.0. The van der Waals surface area contributed by atoms with Gasteiger partial charge in [0.15, 0.2) is 0 Å². The summed E-state index contributed by atoms with van der Waals surface area (Å²) in [7, 11) is 1.83. The lowest BCUT2D eigenvalue weighted by Crippen LogP contribution is -2.39. The molecule has 0 spiro atoms. The molecule has 1 atom stereocenters. The predicted octanol–water partition coefficient (Wildman–Crippen LogP) is 2.30. The van der Waals surface area contributed by atoms with Crippen molar-refractivity contribution in [2.75, 3.05) is 7.05 Å². The van der Waals surface area contributed by atoms with E-state index in [9.17, 15) is 4.79 Å². The SMILES string of the molecule is C[C@@H](C(N)=O)N(C)Cc1ccc(Cl)c(Cl)c1. The molecule has 1 amide bonds. The minimum atomic E-state index is -0.345. The Labute approximate surface area is 105 Å². The molecule has 5 heteroatoms. The Bertz CT molecular complexity index is 396. The van der Waals surface area contributed by atoms with Crippen LogP contribution in [0, 0.1) is 0 Å². The average molecular weight is 261 g/mol. The molecule has 0 heterocycles. The molecule has 0 saturated carbocycles. The summed E-state index contributed by atoms with van der Waals surface area (Å²) in [6.45, 7) is 2.36. The number of carbonyl (C=O) groups is 1. The molecule has 1 aromatic carbocycles. The molecular formula is C11H14Cl2N2O. The van der Waals surface area contributed by atoms with Crippen LogP contribution in [0.1, 0.15) is 12.5 Å². The topological polar surface area (TPSA) is 46.3 Å². The number of amides is 1. The lowest BCUT2D eigenvalue weighted by molar-refractivity contribution is -0.122. The number of likely N-dealkylation sites (N-methyl/N-ethyl adjacent to an activating group) is 1. The fraction of sp³-hybridized carbons (Fsp3) is 0.364. The molecule has 0 fully saturated rings. The van der Waals surface area contributed by atoms with Gasteiger partial charge in [0.25, 0.3) is 0 Å². The van der Waals surface area contributed by atoms with Crippen LogP contribution >= 0.6 is 23.2 Å². The zero-order chi connectivity index (χ0) is 12.3. The molecule has 0 aliphatic carbocycles. The van der Waals surface area contributed by atoms with Crippen molar-refractivity contribution >= 4 is 29.1 Å². The summed E-state index contributed by atoms with van der Waals surface area (Å²) in [6.07, 6.45) is 0. The standard InChI is InChI=1S/C11H14Cl2N2O/c1-7(11(14)16)15(2)6-8-3-4-9(12)10(13)5-8/h3-5,7H,6H2,1-2H3,(H2,14,16)/t7-/m0/s1. The summed E-state index contributed by atoms with van der Waals surface area (Å²) in [5.41, 5.74) is 6.21. The Hall–Kier alpha value is -0.770. The first kappa shape index (κ1) is 13.3. The van der Waals surface area contributed by atoms with Crippen molar-refractivity contribution in [2.24, 2.45) is 5.73 Å². The molecule has 0 aliphatic heterocycles. The first-order valence-electron chi connectivity index (χ1n) is 4.85. The van der Waals surface area contributed by atoms with E-state index in [0.717, 1.165) is 5.56 Å². The molecule has 2 N–H and O–H groups in total. The largest absolute Gasteiger partial charge is 0.368 e. The average Bonchev–Trinajstić information content (AvgIpc) is 2.22. The van der Waals surface area contributed by atoms with Crippen LogP contribution in [0.3, 0.4) is 0 Å². The molecule has 88 valence electrons. The Morgan fingerprint density at radius 3 is 2.56 bits per heavy atom. The van der Waals surface area contributed by atoms with Gasteiger partial charge in [-0.25, -0.2) is 0 Å². The quantitative estimate of drug-likeness (QED) is 0.903. The van der Waals surface area contributed by atoms with Gasteiger partial charge in [-0.3, -0.25) is 9.69 Å². The Morgan fingerprint density at radius 2 is 2.06 bits per heavy atom. The summed E-state index contributed by atoms with van der Waals surface area (Å²) in [5.74, 6) is -0.345. The van der Waals surface area contributed by atoms with Gasteiger partial charge in [0.2, 0.25) is 5.91 Å². The predicted molar refractivity (Wildman–Crippen MR) is 66.6 cm³/mol. The lowest BCUT2D eigenvalue weighted by atomic mass is 10.2. The van der Waals surface area contributed by atoms with Crippen molar-refractivity contribution in [3.05, 3.63) is 33.8 Å². The second kappa shape index (κ2) is 5.53. The first-order valence-corrected chi connectivity index (χ1v) is 5.61. The lowest BCUT2D eigenvalue weighted by Gasteiger charge is -2.21. The van der Waals surface area contributed by atoms with Crippen molar-refractivity contribution < 1.29 is 4.79 Å². The maximum Gasteiger partial charge on any atom is 0.234 e. The third kappa shape index (κ3) is 3.37. The number of carbonyl (C=O) groups excluding carboxylic acids is 1. The zero-order valence-electron chi connectivity index (χ0n) is 9.21. The molecule has 0 aliphatic rings. The van der Waals surface area contributed by atoms with Crippen molar-refractivity contribution in [3.8, 4) is 0 Å². The number of halogens is 2. The number of benzene rings is 1. The Kier molecular flexibility index (Phi) is 4.59. The molecule has 16 heavy (non-hydrogen) atoms. The van der Waals surface area contributed by atoms with E-state index < -0.39 is 0 Å². The normalized spacial score (nSPS) is 12.8. The van der Waals surface area contributed by atoms with Crippen LogP contribution in [0.4, 0.5) is 0 Å². The number of hydrogen-bond acceptors (Lipinski definition) is 2. The summed E-state index contributed by atoms with van der Waals surface area (Å²) >= 11 is 11.7. The van der Waals surface area contributed by atoms with Gasteiger partial charge in [0, 0.05) is 6.54 Å². The fourth-order valence-electron chi connectivity index (χ4n) is 1.28. The highest BCUT2D eigenvalue weighted by Gasteiger charge is 2.14. The second-order valence-corrected chi connectivity index (χ2v) is 4.56. The van der Waals surface area contributed by atoms with Crippen molar-refractivity contribution in [1.29, 1.82) is 0 Å². The van der Waals surface area contributed by atoms with E-state index in [4.69, 9.17) is 28.9 Å².